The maximum atomic E-state index is 13.2. The lowest BCUT2D eigenvalue weighted by atomic mass is 9.77. The molecule has 3 unspecified atom stereocenters. The molecule has 0 aliphatic heterocycles. The highest BCUT2D eigenvalue weighted by molar-refractivity contribution is 4.95. The SMILES string of the molecule is CCCC1CCCC(F)C1C#N. The van der Waals surface area contributed by atoms with Crippen LogP contribution in [0.1, 0.15) is 39.0 Å². The van der Waals surface area contributed by atoms with Crippen LogP contribution in [0.15, 0.2) is 0 Å². The van der Waals surface area contributed by atoms with Crippen molar-refractivity contribution in [3.8, 4) is 6.07 Å². The summed E-state index contributed by atoms with van der Waals surface area (Å²) in [6.45, 7) is 2.09. The van der Waals surface area contributed by atoms with Gasteiger partial charge in [-0.15, -0.1) is 0 Å². The third-order valence-electron chi connectivity index (χ3n) is 2.76. The molecule has 2 heteroatoms. The molecule has 1 saturated carbocycles. The molecule has 1 aliphatic carbocycles. The monoisotopic (exact) mass is 169 g/mol. The zero-order valence-electron chi connectivity index (χ0n) is 7.59. The van der Waals surface area contributed by atoms with E-state index in [4.69, 9.17) is 5.26 Å². The molecule has 1 aliphatic rings. The first-order chi connectivity index (χ1) is 5.79. The number of halogens is 1. The Kier molecular flexibility index (Phi) is 3.52. The van der Waals surface area contributed by atoms with Crippen LogP contribution in [0.4, 0.5) is 4.39 Å². The summed E-state index contributed by atoms with van der Waals surface area (Å²) in [5, 5.41) is 8.77. The molecule has 3 atom stereocenters. The summed E-state index contributed by atoms with van der Waals surface area (Å²) in [6, 6.07) is 2.11. The summed E-state index contributed by atoms with van der Waals surface area (Å²) < 4.78 is 13.2. The maximum Gasteiger partial charge on any atom is 0.116 e. The molecule has 0 aromatic rings. The van der Waals surface area contributed by atoms with E-state index in [0.717, 1.165) is 25.7 Å². The number of hydrogen-bond donors (Lipinski definition) is 0. The van der Waals surface area contributed by atoms with Gasteiger partial charge in [0.25, 0.3) is 0 Å². The van der Waals surface area contributed by atoms with Crippen molar-refractivity contribution in [1.29, 1.82) is 5.26 Å². The van der Waals surface area contributed by atoms with Gasteiger partial charge in [-0.25, -0.2) is 4.39 Å². The number of nitriles is 1. The minimum absolute atomic E-state index is 0.321. The Morgan fingerprint density at radius 3 is 2.83 bits per heavy atom. The molecule has 12 heavy (non-hydrogen) atoms. The van der Waals surface area contributed by atoms with Crippen LogP contribution in [0, 0.1) is 23.2 Å². The molecule has 1 rings (SSSR count). The van der Waals surface area contributed by atoms with Crippen molar-refractivity contribution in [3.63, 3.8) is 0 Å². The van der Waals surface area contributed by atoms with Crippen LogP contribution in [0.5, 0.6) is 0 Å². The largest absolute Gasteiger partial charge is 0.246 e. The lowest BCUT2D eigenvalue weighted by molar-refractivity contribution is 0.139. The second-order valence-corrected chi connectivity index (χ2v) is 3.65. The molecule has 1 nitrogen and oxygen atoms in total. The lowest BCUT2D eigenvalue weighted by Gasteiger charge is -2.29. The molecule has 0 saturated heterocycles. The number of hydrogen-bond acceptors (Lipinski definition) is 1. The predicted molar refractivity (Wildman–Crippen MR) is 46.2 cm³/mol. The molecular formula is C10H16FN. The Hall–Kier alpha value is -0.580. The van der Waals surface area contributed by atoms with E-state index in [1.54, 1.807) is 0 Å². The third-order valence-corrected chi connectivity index (χ3v) is 2.76. The third kappa shape index (κ3) is 1.97. The van der Waals surface area contributed by atoms with Gasteiger partial charge >= 0.3 is 0 Å². The standard InChI is InChI=1S/C10H16FN/c1-2-4-8-5-3-6-10(11)9(8)7-12/h8-10H,2-6H2,1H3. The molecule has 68 valence electrons. The lowest BCUT2D eigenvalue weighted by Crippen LogP contribution is -2.28. The van der Waals surface area contributed by atoms with Gasteiger partial charge < -0.3 is 0 Å². The van der Waals surface area contributed by atoms with E-state index in [1.165, 1.54) is 0 Å². The van der Waals surface area contributed by atoms with E-state index in [-0.39, 0.29) is 5.92 Å². The average Bonchev–Trinajstić information content (AvgIpc) is 2.05. The molecule has 0 aromatic heterocycles. The van der Waals surface area contributed by atoms with Crippen LogP contribution in [-0.4, -0.2) is 6.17 Å². The molecule has 0 aromatic carbocycles. The molecule has 1 fully saturated rings. The maximum absolute atomic E-state index is 13.2. The van der Waals surface area contributed by atoms with E-state index in [1.807, 2.05) is 0 Å². The van der Waals surface area contributed by atoms with Crippen LogP contribution in [0.25, 0.3) is 0 Å². The van der Waals surface area contributed by atoms with Crippen LogP contribution in [-0.2, 0) is 0 Å². The van der Waals surface area contributed by atoms with Crippen LogP contribution in [0.3, 0.4) is 0 Å². The fourth-order valence-corrected chi connectivity index (χ4v) is 2.11. The quantitative estimate of drug-likeness (QED) is 0.623. The highest BCUT2D eigenvalue weighted by atomic mass is 19.1. The average molecular weight is 169 g/mol. The molecular weight excluding hydrogens is 153 g/mol. The molecule has 0 N–H and O–H groups in total. The first kappa shape index (κ1) is 9.51. The summed E-state index contributed by atoms with van der Waals surface area (Å²) in [6.07, 6.45) is 3.82. The van der Waals surface area contributed by atoms with Crippen molar-refractivity contribution < 1.29 is 4.39 Å². The Bertz CT molecular complexity index is 171. The van der Waals surface area contributed by atoms with Gasteiger partial charge in [-0.2, -0.15) is 5.26 Å². The molecule has 0 bridgehead atoms. The van der Waals surface area contributed by atoms with Crippen LogP contribution >= 0.6 is 0 Å². The van der Waals surface area contributed by atoms with Gasteiger partial charge in [0.2, 0.25) is 0 Å². The normalized spacial score (nSPS) is 35.9. The Morgan fingerprint density at radius 2 is 2.25 bits per heavy atom. The summed E-state index contributed by atoms with van der Waals surface area (Å²) >= 11 is 0. The molecule has 0 radical (unpaired) electrons. The second-order valence-electron chi connectivity index (χ2n) is 3.65. The van der Waals surface area contributed by atoms with Crippen LogP contribution in [0.2, 0.25) is 0 Å². The number of alkyl halides is 1. The van der Waals surface area contributed by atoms with Crippen molar-refractivity contribution in [2.24, 2.45) is 11.8 Å². The van der Waals surface area contributed by atoms with Gasteiger partial charge in [-0.1, -0.05) is 19.8 Å². The highest BCUT2D eigenvalue weighted by Crippen LogP contribution is 2.34. The van der Waals surface area contributed by atoms with Gasteiger partial charge in [0.05, 0.1) is 12.0 Å². The summed E-state index contributed by atoms with van der Waals surface area (Å²) in [7, 11) is 0. The van der Waals surface area contributed by atoms with E-state index < -0.39 is 6.17 Å². The van der Waals surface area contributed by atoms with Crippen molar-refractivity contribution in [2.45, 2.75) is 45.2 Å². The smallest absolute Gasteiger partial charge is 0.116 e. The fraction of sp³-hybridized carbons (Fsp3) is 0.900. The highest BCUT2D eigenvalue weighted by Gasteiger charge is 2.32. The fourth-order valence-electron chi connectivity index (χ4n) is 2.11. The summed E-state index contributed by atoms with van der Waals surface area (Å²) in [5.74, 6) is 0.00227. The minimum atomic E-state index is -0.861. The summed E-state index contributed by atoms with van der Waals surface area (Å²) in [4.78, 5) is 0. The Labute approximate surface area is 73.6 Å². The predicted octanol–water partition coefficient (Wildman–Crippen LogP) is 3.06. The first-order valence-electron chi connectivity index (χ1n) is 4.83. The molecule has 0 heterocycles. The van der Waals surface area contributed by atoms with E-state index in [0.29, 0.717) is 12.3 Å². The van der Waals surface area contributed by atoms with Gasteiger partial charge in [-0.3, -0.25) is 0 Å². The van der Waals surface area contributed by atoms with Crippen molar-refractivity contribution in [3.05, 3.63) is 0 Å². The van der Waals surface area contributed by atoms with Gasteiger partial charge in [-0.05, 0) is 25.2 Å². The zero-order chi connectivity index (χ0) is 8.97. The van der Waals surface area contributed by atoms with Gasteiger partial charge in [0.1, 0.15) is 6.17 Å². The van der Waals surface area contributed by atoms with Crippen LogP contribution < -0.4 is 0 Å². The molecule has 0 spiro atoms. The van der Waals surface area contributed by atoms with Crippen molar-refractivity contribution >= 4 is 0 Å². The van der Waals surface area contributed by atoms with Crippen molar-refractivity contribution in [2.75, 3.05) is 0 Å². The second kappa shape index (κ2) is 4.45. The summed E-state index contributed by atoms with van der Waals surface area (Å²) in [5.41, 5.74) is 0. The first-order valence-corrected chi connectivity index (χ1v) is 4.83. The van der Waals surface area contributed by atoms with E-state index >= 15 is 0 Å². The van der Waals surface area contributed by atoms with E-state index in [9.17, 15) is 4.39 Å². The van der Waals surface area contributed by atoms with Crippen molar-refractivity contribution in [1.82, 2.24) is 0 Å². The topological polar surface area (TPSA) is 23.8 Å². The van der Waals surface area contributed by atoms with E-state index in [2.05, 4.69) is 13.0 Å². The number of nitrogens with zero attached hydrogens (tertiary/aromatic N) is 1. The zero-order valence-corrected chi connectivity index (χ0v) is 7.59. The van der Waals surface area contributed by atoms with Gasteiger partial charge in [0.15, 0.2) is 0 Å². The molecule has 0 amide bonds. The minimum Gasteiger partial charge on any atom is -0.246 e. The Morgan fingerprint density at radius 1 is 1.50 bits per heavy atom. The Balaban J connectivity index is 2.53. The van der Waals surface area contributed by atoms with Gasteiger partial charge in [0, 0.05) is 0 Å². The number of rotatable bonds is 2.